The molecule has 2 aromatic rings. The smallest absolute Gasteiger partial charge is 0.253 e. The average molecular weight is 413 g/mol. The average Bonchev–Trinajstić information content (AvgIpc) is 2.77. The molecule has 7 nitrogen and oxygen atoms in total. The number of aliphatic imine (C=N–C) groups is 1. The maximum atomic E-state index is 12.1. The quantitative estimate of drug-likeness (QED) is 0.356. The second-order valence-electron chi connectivity index (χ2n) is 6.96. The van der Waals surface area contributed by atoms with Gasteiger partial charge in [-0.2, -0.15) is 0 Å². The fourth-order valence-electron chi connectivity index (χ4n) is 2.82. The first-order valence-electron chi connectivity index (χ1n) is 10.1. The molecular formula is C23H32N4O3. The number of benzene rings is 2. The summed E-state index contributed by atoms with van der Waals surface area (Å²) in [4.78, 5) is 17.9. The van der Waals surface area contributed by atoms with Crippen LogP contribution < -0.4 is 20.1 Å². The molecule has 162 valence electrons. The SMILES string of the molecule is CN=C(NCCCOc1cccc(OC)c1)NCCc1cccc(C(=O)N(C)C)c1. The van der Waals surface area contributed by atoms with E-state index < -0.39 is 0 Å². The van der Waals surface area contributed by atoms with Crippen molar-refractivity contribution < 1.29 is 14.3 Å². The molecule has 0 aromatic heterocycles. The highest BCUT2D eigenvalue weighted by atomic mass is 16.5. The van der Waals surface area contributed by atoms with Crippen molar-refractivity contribution in [1.29, 1.82) is 0 Å². The second kappa shape index (κ2) is 12.4. The zero-order chi connectivity index (χ0) is 21.8. The molecule has 7 heteroatoms. The van der Waals surface area contributed by atoms with Crippen LogP contribution in [0.5, 0.6) is 11.5 Å². The molecule has 0 unspecified atom stereocenters. The highest BCUT2D eigenvalue weighted by Crippen LogP contribution is 2.18. The van der Waals surface area contributed by atoms with Crippen LogP contribution >= 0.6 is 0 Å². The Bertz CT molecular complexity index is 837. The van der Waals surface area contributed by atoms with Crippen LogP contribution in [-0.2, 0) is 6.42 Å². The number of nitrogens with one attached hydrogen (secondary N) is 2. The van der Waals surface area contributed by atoms with Crippen molar-refractivity contribution in [1.82, 2.24) is 15.5 Å². The van der Waals surface area contributed by atoms with Gasteiger partial charge in [0.1, 0.15) is 11.5 Å². The number of hydrogen-bond acceptors (Lipinski definition) is 4. The van der Waals surface area contributed by atoms with E-state index in [1.807, 2.05) is 48.5 Å². The Morgan fingerprint density at radius 1 is 1.03 bits per heavy atom. The van der Waals surface area contributed by atoms with E-state index >= 15 is 0 Å². The summed E-state index contributed by atoms with van der Waals surface area (Å²) in [6.45, 7) is 2.07. The topological polar surface area (TPSA) is 75.2 Å². The van der Waals surface area contributed by atoms with Crippen molar-refractivity contribution in [3.8, 4) is 11.5 Å². The number of ether oxygens (including phenoxy) is 2. The number of carbonyl (C=O) groups is 1. The van der Waals surface area contributed by atoms with Crippen molar-refractivity contribution in [2.24, 2.45) is 4.99 Å². The maximum absolute atomic E-state index is 12.1. The number of rotatable bonds is 10. The van der Waals surface area contributed by atoms with Gasteiger partial charge in [-0.25, -0.2) is 0 Å². The zero-order valence-electron chi connectivity index (χ0n) is 18.3. The van der Waals surface area contributed by atoms with Crippen LogP contribution in [-0.4, -0.2) is 64.7 Å². The van der Waals surface area contributed by atoms with Gasteiger partial charge in [0.05, 0.1) is 13.7 Å². The van der Waals surface area contributed by atoms with Crippen LogP contribution in [0.25, 0.3) is 0 Å². The van der Waals surface area contributed by atoms with E-state index in [0.717, 1.165) is 49.0 Å². The highest BCUT2D eigenvalue weighted by Gasteiger charge is 2.08. The van der Waals surface area contributed by atoms with E-state index in [1.54, 1.807) is 33.2 Å². The van der Waals surface area contributed by atoms with Gasteiger partial charge in [-0.1, -0.05) is 18.2 Å². The van der Waals surface area contributed by atoms with E-state index in [4.69, 9.17) is 9.47 Å². The molecule has 0 heterocycles. The first kappa shape index (κ1) is 23.1. The number of carbonyl (C=O) groups excluding carboxylic acids is 1. The van der Waals surface area contributed by atoms with Gasteiger partial charge >= 0.3 is 0 Å². The van der Waals surface area contributed by atoms with Crippen molar-refractivity contribution in [3.05, 3.63) is 59.7 Å². The number of methoxy groups -OCH3 is 1. The highest BCUT2D eigenvalue weighted by molar-refractivity contribution is 5.94. The van der Waals surface area contributed by atoms with E-state index in [0.29, 0.717) is 12.2 Å². The summed E-state index contributed by atoms with van der Waals surface area (Å²) in [6, 6.07) is 15.3. The Labute approximate surface area is 179 Å². The summed E-state index contributed by atoms with van der Waals surface area (Å²) in [5.41, 5.74) is 1.81. The van der Waals surface area contributed by atoms with Gasteiger partial charge in [0.25, 0.3) is 5.91 Å². The van der Waals surface area contributed by atoms with Crippen molar-refractivity contribution >= 4 is 11.9 Å². The van der Waals surface area contributed by atoms with E-state index in [1.165, 1.54) is 0 Å². The summed E-state index contributed by atoms with van der Waals surface area (Å²) >= 11 is 0. The molecule has 0 saturated heterocycles. The number of guanidine groups is 1. The Morgan fingerprint density at radius 3 is 2.50 bits per heavy atom. The normalized spacial score (nSPS) is 11.0. The van der Waals surface area contributed by atoms with E-state index in [9.17, 15) is 4.79 Å². The molecule has 0 saturated carbocycles. The maximum Gasteiger partial charge on any atom is 0.253 e. The fraction of sp³-hybridized carbons (Fsp3) is 0.391. The third-order valence-electron chi connectivity index (χ3n) is 4.43. The summed E-state index contributed by atoms with van der Waals surface area (Å²) in [7, 11) is 6.90. The minimum atomic E-state index is 0.0125. The first-order valence-corrected chi connectivity index (χ1v) is 10.1. The van der Waals surface area contributed by atoms with Crippen molar-refractivity contribution in [3.63, 3.8) is 0 Å². The molecule has 1 amide bonds. The lowest BCUT2D eigenvalue weighted by molar-refractivity contribution is 0.0827. The molecule has 0 aliphatic carbocycles. The minimum absolute atomic E-state index is 0.0125. The Balaban J connectivity index is 1.67. The molecule has 0 aliphatic rings. The standard InChI is InChI=1S/C23H32N4O3/c1-24-23(25-13-7-15-30-21-11-6-10-20(17-21)29-4)26-14-12-18-8-5-9-19(16-18)22(28)27(2)3/h5-6,8-11,16-17H,7,12-15H2,1-4H3,(H2,24,25,26). The van der Waals surface area contributed by atoms with Gasteiger partial charge in [0.15, 0.2) is 5.96 Å². The van der Waals surface area contributed by atoms with Gasteiger partial charge in [0, 0.05) is 45.9 Å². The summed E-state index contributed by atoms with van der Waals surface area (Å²) in [5.74, 6) is 2.34. The zero-order valence-corrected chi connectivity index (χ0v) is 18.3. The van der Waals surface area contributed by atoms with E-state index in [-0.39, 0.29) is 5.91 Å². The van der Waals surface area contributed by atoms with Crippen LogP contribution in [0, 0.1) is 0 Å². The lowest BCUT2D eigenvalue weighted by Gasteiger charge is -2.13. The molecule has 0 radical (unpaired) electrons. The first-order chi connectivity index (χ1) is 14.5. The van der Waals surface area contributed by atoms with Gasteiger partial charge < -0.3 is 25.0 Å². The van der Waals surface area contributed by atoms with Crippen molar-refractivity contribution in [2.45, 2.75) is 12.8 Å². The predicted octanol–water partition coefficient (Wildman–Crippen LogP) is 2.57. The molecule has 30 heavy (non-hydrogen) atoms. The summed E-state index contributed by atoms with van der Waals surface area (Å²) in [5, 5.41) is 6.58. The molecule has 0 bridgehead atoms. The number of amides is 1. The molecule has 2 aromatic carbocycles. The van der Waals surface area contributed by atoms with Crippen LogP contribution in [0.4, 0.5) is 0 Å². The number of nitrogens with zero attached hydrogens (tertiary/aromatic N) is 2. The van der Waals surface area contributed by atoms with E-state index in [2.05, 4.69) is 15.6 Å². The molecular weight excluding hydrogens is 380 g/mol. The molecule has 0 fully saturated rings. The van der Waals surface area contributed by atoms with Gasteiger partial charge in [0.2, 0.25) is 0 Å². The van der Waals surface area contributed by atoms with Crippen molar-refractivity contribution in [2.75, 3.05) is 47.9 Å². The monoisotopic (exact) mass is 412 g/mol. The molecule has 0 aliphatic heterocycles. The summed E-state index contributed by atoms with van der Waals surface area (Å²) < 4.78 is 10.9. The minimum Gasteiger partial charge on any atom is -0.497 e. The Hall–Kier alpha value is -3.22. The third-order valence-corrected chi connectivity index (χ3v) is 4.43. The largest absolute Gasteiger partial charge is 0.497 e. The van der Waals surface area contributed by atoms with Crippen LogP contribution in [0.3, 0.4) is 0 Å². The molecule has 2 N–H and O–H groups in total. The number of hydrogen-bond donors (Lipinski definition) is 2. The molecule has 0 atom stereocenters. The van der Waals surface area contributed by atoms with Gasteiger partial charge in [-0.15, -0.1) is 0 Å². The Kier molecular flexibility index (Phi) is 9.51. The lowest BCUT2D eigenvalue weighted by Crippen LogP contribution is -2.39. The molecule has 0 spiro atoms. The molecule has 2 rings (SSSR count). The summed E-state index contributed by atoms with van der Waals surface area (Å²) in [6.07, 6.45) is 1.64. The predicted molar refractivity (Wildman–Crippen MR) is 121 cm³/mol. The lowest BCUT2D eigenvalue weighted by atomic mass is 10.1. The van der Waals surface area contributed by atoms with Gasteiger partial charge in [-0.3, -0.25) is 9.79 Å². The van der Waals surface area contributed by atoms with Crippen LogP contribution in [0.1, 0.15) is 22.3 Å². The third kappa shape index (κ3) is 7.66. The Morgan fingerprint density at radius 2 is 1.77 bits per heavy atom. The fourth-order valence-corrected chi connectivity index (χ4v) is 2.82. The van der Waals surface area contributed by atoms with Crippen LogP contribution in [0.2, 0.25) is 0 Å². The van der Waals surface area contributed by atoms with Gasteiger partial charge in [-0.05, 0) is 42.7 Å². The van der Waals surface area contributed by atoms with Crippen LogP contribution in [0.15, 0.2) is 53.5 Å². The second-order valence-corrected chi connectivity index (χ2v) is 6.96.